The van der Waals surface area contributed by atoms with Crippen molar-refractivity contribution in [1.29, 1.82) is 0 Å². The van der Waals surface area contributed by atoms with Gasteiger partial charge in [0.05, 0.1) is 10.5 Å². The first-order valence-electron chi connectivity index (χ1n) is 6.59. The lowest BCUT2D eigenvalue weighted by atomic mass is 10.2. The van der Waals surface area contributed by atoms with Crippen LogP contribution in [0.1, 0.15) is 16.8 Å². The Bertz CT molecular complexity index is 519. The van der Waals surface area contributed by atoms with Gasteiger partial charge in [0.15, 0.2) is 0 Å². The monoisotopic (exact) mass is 295 g/mol. The molecule has 8 nitrogen and oxygen atoms in total. The summed E-state index contributed by atoms with van der Waals surface area (Å²) in [5.41, 5.74) is 0.0121. The van der Waals surface area contributed by atoms with E-state index in [2.05, 4.69) is 10.3 Å². The summed E-state index contributed by atoms with van der Waals surface area (Å²) in [6.45, 7) is 1.44. The van der Waals surface area contributed by atoms with Crippen molar-refractivity contribution >= 4 is 17.4 Å². The largest absolute Gasteiger partial charge is 0.372 e. The van der Waals surface area contributed by atoms with E-state index in [0.717, 1.165) is 19.2 Å². The molecule has 0 aliphatic rings. The van der Waals surface area contributed by atoms with Gasteiger partial charge >= 0.3 is 0 Å². The Morgan fingerprint density at radius 3 is 2.57 bits per heavy atom. The molecule has 0 fully saturated rings. The van der Waals surface area contributed by atoms with E-state index in [1.54, 1.807) is 19.0 Å². The van der Waals surface area contributed by atoms with Crippen LogP contribution < -0.4 is 5.32 Å². The van der Waals surface area contributed by atoms with Crippen LogP contribution in [0.25, 0.3) is 0 Å². The number of nitro groups is 1. The molecule has 1 N–H and O–H groups in total. The summed E-state index contributed by atoms with van der Waals surface area (Å²) >= 11 is 0. The third kappa shape index (κ3) is 4.67. The molecule has 1 heterocycles. The number of hydrogen-bond donors (Lipinski definition) is 1. The minimum atomic E-state index is -0.560. The second-order valence-electron chi connectivity index (χ2n) is 4.98. The third-order valence-electron chi connectivity index (χ3n) is 3.00. The van der Waals surface area contributed by atoms with Crippen LogP contribution in [0.2, 0.25) is 0 Å². The van der Waals surface area contributed by atoms with Gasteiger partial charge in [-0.25, -0.2) is 4.98 Å². The average Bonchev–Trinajstić information content (AvgIpc) is 2.45. The highest BCUT2D eigenvalue weighted by Gasteiger charge is 2.20. The summed E-state index contributed by atoms with van der Waals surface area (Å²) in [7, 11) is 7.23. The van der Waals surface area contributed by atoms with Gasteiger partial charge in [-0.15, -0.1) is 0 Å². The first kappa shape index (κ1) is 16.8. The number of anilines is 1. The van der Waals surface area contributed by atoms with Crippen molar-refractivity contribution in [2.24, 2.45) is 0 Å². The Morgan fingerprint density at radius 2 is 2.05 bits per heavy atom. The number of carbonyl (C=O) groups is 1. The van der Waals surface area contributed by atoms with E-state index >= 15 is 0 Å². The Hall–Kier alpha value is -2.22. The average molecular weight is 295 g/mol. The third-order valence-corrected chi connectivity index (χ3v) is 3.00. The highest BCUT2D eigenvalue weighted by atomic mass is 16.6. The molecule has 0 aliphatic carbocycles. The molecule has 0 atom stereocenters. The minimum Gasteiger partial charge on any atom is -0.372 e. The van der Waals surface area contributed by atoms with Gasteiger partial charge in [-0.05, 0) is 27.1 Å². The minimum absolute atomic E-state index is 0.195. The van der Waals surface area contributed by atoms with Gasteiger partial charge in [0.25, 0.3) is 11.6 Å². The second-order valence-corrected chi connectivity index (χ2v) is 4.98. The van der Waals surface area contributed by atoms with Gasteiger partial charge in [0, 0.05) is 26.7 Å². The Kier molecular flexibility index (Phi) is 6.04. The molecule has 1 aromatic rings. The lowest BCUT2D eigenvalue weighted by molar-refractivity contribution is -0.385. The topological polar surface area (TPSA) is 91.6 Å². The summed E-state index contributed by atoms with van der Waals surface area (Å²) in [6, 6.07) is 1.25. The molecule has 0 unspecified atom stereocenters. The fraction of sp³-hybridized carbons (Fsp3) is 0.538. The molecule has 1 amide bonds. The maximum atomic E-state index is 12.4. The fourth-order valence-corrected chi connectivity index (χ4v) is 1.85. The van der Waals surface area contributed by atoms with Gasteiger partial charge in [0.2, 0.25) is 0 Å². The van der Waals surface area contributed by atoms with Crippen LogP contribution in [-0.2, 0) is 0 Å². The smallest absolute Gasteiger partial charge is 0.288 e. The Labute approximate surface area is 123 Å². The summed E-state index contributed by atoms with van der Waals surface area (Å²) in [6.07, 6.45) is 1.96. The molecule has 8 heteroatoms. The van der Waals surface area contributed by atoms with Crippen molar-refractivity contribution in [1.82, 2.24) is 14.8 Å². The van der Waals surface area contributed by atoms with E-state index in [0.29, 0.717) is 12.4 Å². The van der Waals surface area contributed by atoms with E-state index in [4.69, 9.17) is 0 Å². The van der Waals surface area contributed by atoms with Gasteiger partial charge in [-0.1, -0.05) is 0 Å². The van der Waals surface area contributed by atoms with Crippen LogP contribution in [0.4, 0.5) is 11.5 Å². The van der Waals surface area contributed by atoms with Crippen molar-refractivity contribution in [2.45, 2.75) is 6.42 Å². The van der Waals surface area contributed by atoms with E-state index in [1.807, 2.05) is 19.0 Å². The molecule has 0 radical (unpaired) electrons. The van der Waals surface area contributed by atoms with E-state index in [1.165, 1.54) is 6.07 Å². The first-order valence-corrected chi connectivity index (χ1v) is 6.59. The Balaban J connectivity index is 2.89. The SMILES string of the molecule is CNc1ncc([N+](=O)[O-])cc1C(=O)N(C)CCCN(C)C. The number of rotatable bonds is 7. The van der Waals surface area contributed by atoms with Crippen molar-refractivity contribution in [3.63, 3.8) is 0 Å². The lowest BCUT2D eigenvalue weighted by Crippen LogP contribution is -2.30. The molecule has 21 heavy (non-hydrogen) atoms. The standard InChI is InChI=1S/C13H21N5O3/c1-14-12-11(8-10(9-15-12)18(20)21)13(19)17(4)7-5-6-16(2)3/h8-9H,5-7H2,1-4H3,(H,14,15). The van der Waals surface area contributed by atoms with Crippen LogP contribution in [0.5, 0.6) is 0 Å². The molecule has 0 aromatic carbocycles. The van der Waals surface area contributed by atoms with E-state index in [9.17, 15) is 14.9 Å². The van der Waals surface area contributed by atoms with Gasteiger partial charge in [-0.3, -0.25) is 14.9 Å². The number of carbonyl (C=O) groups excluding carboxylic acids is 1. The molecule has 1 aromatic heterocycles. The van der Waals surface area contributed by atoms with Crippen LogP contribution >= 0.6 is 0 Å². The molecule has 0 spiro atoms. The molecule has 1 rings (SSSR count). The fourth-order valence-electron chi connectivity index (χ4n) is 1.85. The molecule has 0 bridgehead atoms. The maximum Gasteiger partial charge on any atom is 0.288 e. The number of nitrogens with one attached hydrogen (secondary N) is 1. The van der Waals surface area contributed by atoms with E-state index < -0.39 is 4.92 Å². The van der Waals surface area contributed by atoms with Crippen LogP contribution in [0, 0.1) is 10.1 Å². The zero-order chi connectivity index (χ0) is 16.0. The number of pyridine rings is 1. The van der Waals surface area contributed by atoms with Crippen LogP contribution in [0.3, 0.4) is 0 Å². The zero-order valence-corrected chi connectivity index (χ0v) is 12.8. The molecule has 0 aliphatic heterocycles. The Morgan fingerprint density at radius 1 is 1.38 bits per heavy atom. The normalized spacial score (nSPS) is 10.5. The maximum absolute atomic E-state index is 12.4. The summed E-state index contributed by atoms with van der Waals surface area (Å²) in [4.78, 5) is 30.1. The van der Waals surface area contributed by atoms with Gasteiger partial charge in [0.1, 0.15) is 12.0 Å². The first-order chi connectivity index (χ1) is 9.86. The van der Waals surface area contributed by atoms with Crippen LogP contribution in [0.15, 0.2) is 12.3 Å². The zero-order valence-electron chi connectivity index (χ0n) is 12.8. The summed E-state index contributed by atoms with van der Waals surface area (Å²) < 4.78 is 0. The molecular formula is C13H21N5O3. The summed E-state index contributed by atoms with van der Waals surface area (Å²) in [5, 5.41) is 13.6. The summed E-state index contributed by atoms with van der Waals surface area (Å²) in [5.74, 6) is 0.0550. The highest BCUT2D eigenvalue weighted by Crippen LogP contribution is 2.20. The molecule has 0 saturated heterocycles. The van der Waals surface area contributed by atoms with Crippen molar-refractivity contribution in [3.8, 4) is 0 Å². The lowest BCUT2D eigenvalue weighted by Gasteiger charge is -2.19. The highest BCUT2D eigenvalue weighted by molar-refractivity contribution is 5.99. The number of aromatic nitrogens is 1. The predicted molar refractivity (Wildman–Crippen MR) is 80.6 cm³/mol. The number of amides is 1. The van der Waals surface area contributed by atoms with Crippen molar-refractivity contribution < 1.29 is 9.72 Å². The molecule has 116 valence electrons. The molecule has 0 saturated carbocycles. The van der Waals surface area contributed by atoms with Crippen LogP contribution in [-0.4, -0.2) is 66.9 Å². The predicted octanol–water partition coefficient (Wildman–Crippen LogP) is 1.06. The van der Waals surface area contributed by atoms with Crippen molar-refractivity contribution in [2.75, 3.05) is 46.6 Å². The van der Waals surface area contributed by atoms with Gasteiger partial charge < -0.3 is 15.1 Å². The van der Waals surface area contributed by atoms with Gasteiger partial charge in [-0.2, -0.15) is 0 Å². The van der Waals surface area contributed by atoms with Crippen molar-refractivity contribution in [3.05, 3.63) is 27.9 Å². The number of nitrogens with zero attached hydrogens (tertiary/aromatic N) is 4. The quantitative estimate of drug-likeness (QED) is 0.597. The van der Waals surface area contributed by atoms with E-state index in [-0.39, 0.29) is 17.2 Å². The second kappa shape index (κ2) is 7.53. The molecular weight excluding hydrogens is 274 g/mol. The number of hydrogen-bond acceptors (Lipinski definition) is 6.